The molecular weight excluding hydrogens is 366 g/mol. The zero-order valence-electron chi connectivity index (χ0n) is 18.2. The van der Waals surface area contributed by atoms with Gasteiger partial charge in [0.05, 0.1) is 5.56 Å². The highest BCUT2D eigenvalue weighted by molar-refractivity contribution is 5.91. The zero-order valence-corrected chi connectivity index (χ0v) is 18.2. The highest BCUT2D eigenvalue weighted by Gasteiger charge is 2.21. The molecule has 0 aromatic heterocycles. The van der Waals surface area contributed by atoms with Crippen LogP contribution in [0.25, 0.3) is 0 Å². The van der Waals surface area contributed by atoms with Gasteiger partial charge in [-0.3, -0.25) is 0 Å². The molecule has 0 fully saturated rings. The van der Waals surface area contributed by atoms with Crippen LogP contribution < -0.4 is 9.47 Å². The van der Waals surface area contributed by atoms with E-state index in [1.54, 1.807) is 29.2 Å². The molecule has 0 saturated heterocycles. The number of rotatable bonds is 6. The molecule has 0 atom stereocenters. The van der Waals surface area contributed by atoms with Crippen molar-refractivity contribution < 1.29 is 19.1 Å². The molecule has 0 aliphatic carbocycles. The minimum Gasteiger partial charge on any atom is -0.419 e. The molecule has 1 amide bonds. The van der Waals surface area contributed by atoms with Crippen molar-refractivity contribution in [2.24, 2.45) is 0 Å². The molecule has 0 aliphatic heterocycles. The van der Waals surface area contributed by atoms with Gasteiger partial charge in [-0.1, -0.05) is 45.9 Å². The third kappa shape index (κ3) is 5.83. The van der Waals surface area contributed by atoms with Crippen LogP contribution in [0, 0.1) is 0 Å². The molecule has 2 rings (SSSR count). The second-order valence-electron chi connectivity index (χ2n) is 7.89. The molecule has 156 valence electrons. The first-order valence-corrected chi connectivity index (χ1v) is 10.1. The lowest BCUT2D eigenvalue weighted by Gasteiger charge is -2.22. The van der Waals surface area contributed by atoms with Gasteiger partial charge in [-0.15, -0.1) is 0 Å². The second-order valence-corrected chi connectivity index (χ2v) is 7.89. The van der Waals surface area contributed by atoms with Crippen LogP contribution in [0.4, 0.5) is 4.79 Å². The maximum Gasteiger partial charge on any atom is 0.415 e. The summed E-state index contributed by atoms with van der Waals surface area (Å²) in [6, 6.07) is 12.6. The minimum atomic E-state index is -0.487. The number of esters is 1. The van der Waals surface area contributed by atoms with E-state index in [-0.39, 0.29) is 16.9 Å². The summed E-state index contributed by atoms with van der Waals surface area (Å²) in [5.74, 6) is -0.0187. The molecule has 2 aromatic rings. The first-order chi connectivity index (χ1) is 13.7. The summed E-state index contributed by atoms with van der Waals surface area (Å²) < 4.78 is 11.2. The Kier molecular flexibility index (Phi) is 7.43. The fraction of sp³-hybridized carbons (Fsp3) is 0.417. The van der Waals surface area contributed by atoms with E-state index in [1.807, 2.05) is 32.0 Å². The Bertz CT molecular complexity index is 846. The van der Waals surface area contributed by atoms with Gasteiger partial charge in [-0.25, -0.2) is 9.59 Å². The largest absolute Gasteiger partial charge is 0.419 e. The first kappa shape index (κ1) is 22.5. The quantitative estimate of drug-likeness (QED) is 0.470. The van der Waals surface area contributed by atoms with Crippen LogP contribution in [0.5, 0.6) is 11.5 Å². The average Bonchev–Trinajstić information content (AvgIpc) is 2.69. The van der Waals surface area contributed by atoms with Crippen LogP contribution in [0.15, 0.2) is 42.5 Å². The van der Waals surface area contributed by atoms with E-state index >= 15 is 0 Å². The van der Waals surface area contributed by atoms with Crippen molar-refractivity contribution in [2.45, 2.75) is 53.4 Å². The normalized spacial score (nSPS) is 11.1. The average molecular weight is 398 g/mol. The third-order valence-corrected chi connectivity index (χ3v) is 4.83. The Morgan fingerprint density at radius 2 is 1.48 bits per heavy atom. The molecule has 0 spiro atoms. The number of carbonyl (C=O) groups excluding carboxylic acids is 2. The fourth-order valence-electron chi connectivity index (χ4n) is 2.81. The van der Waals surface area contributed by atoms with E-state index < -0.39 is 12.1 Å². The van der Waals surface area contributed by atoms with Gasteiger partial charge >= 0.3 is 12.1 Å². The molecule has 0 N–H and O–H groups in total. The van der Waals surface area contributed by atoms with E-state index in [0.717, 1.165) is 17.5 Å². The number of carbonyl (C=O) groups is 2. The maximum absolute atomic E-state index is 12.7. The van der Waals surface area contributed by atoms with E-state index in [4.69, 9.17) is 9.47 Å². The van der Waals surface area contributed by atoms with E-state index in [2.05, 4.69) is 27.7 Å². The van der Waals surface area contributed by atoms with Gasteiger partial charge in [0, 0.05) is 13.1 Å². The number of ether oxygens (including phenoxy) is 2. The summed E-state index contributed by atoms with van der Waals surface area (Å²) in [5.41, 5.74) is 2.42. The van der Waals surface area contributed by atoms with E-state index in [1.165, 1.54) is 0 Å². The van der Waals surface area contributed by atoms with Gasteiger partial charge in [0.1, 0.15) is 0 Å². The molecule has 29 heavy (non-hydrogen) atoms. The molecule has 0 aliphatic rings. The molecule has 5 heteroatoms. The Labute approximate surface area is 173 Å². The Morgan fingerprint density at radius 1 is 0.862 bits per heavy atom. The number of benzene rings is 2. The fourth-order valence-corrected chi connectivity index (χ4v) is 2.81. The monoisotopic (exact) mass is 397 g/mol. The van der Waals surface area contributed by atoms with Gasteiger partial charge in [-0.05, 0) is 61.1 Å². The molecule has 0 bridgehead atoms. The molecule has 0 unspecified atom stereocenters. The van der Waals surface area contributed by atoms with Crippen molar-refractivity contribution in [3.63, 3.8) is 0 Å². The number of amides is 1. The van der Waals surface area contributed by atoms with Crippen molar-refractivity contribution in [3.05, 3.63) is 59.2 Å². The van der Waals surface area contributed by atoms with Crippen LogP contribution in [0.3, 0.4) is 0 Å². The highest BCUT2D eigenvalue weighted by atomic mass is 16.6. The van der Waals surface area contributed by atoms with Gasteiger partial charge in [-0.2, -0.15) is 0 Å². The lowest BCUT2D eigenvalue weighted by atomic mass is 9.87. The van der Waals surface area contributed by atoms with Crippen LogP contribution in [-0.4, -0.2) is 30.1 Å². The SMILES string of the molecule is CCc1ccc(C(=O)Oc2cc(C(C)(C)C)ccc2OC(=O)N(CC)CC)cc1. The van der Waals surface area contributed by atoms with E-state index in [9.17, 15) is 9.59 Å². The molecule has 0 heterocycles. The van der Waals surface area contributed by atoms with Gasteiger partial charge in [0.2, 0.25) is 0 Å². The van der Waals surface area contributed by atoms with Crippen molar-refractivity contribution in [2.75, 3.05) is 13.1 Å². The lowest BCUT2D eigenvalue weighted by Crippen LogP contribution is -2.33. The number of hydrogen-bond acceptors (Lipinski definition) is 4. The Morgan fingerprint density at radius 3 is 2.00 bits per heavy atom. The molecular formula is C24H31NO4. The molecule has 2 aromatic carbocycles. The van der Waals surface area contributed by atoms with Crippen molar-refractivity contribution in [1.29, 1.82) is 0 Å². The van der Waals surface area contributed by atoms with Crippen LogP contribution >= 0.6 is 0 Å². The number of hydrogen-bond donors (Lipinski definition) is 0. The summed E-state index contributed by atoms with van der Waals surface area (Å²) >= 11 is 0. The van der Waals surface area contributed by atoms with Crippen molar-refractivity contribution in [1.82, 2.24) is 4.90 Å². The summed E-state index contributed by atoms with van der Waals surface area (Å²) in [6.45, 7) is 13.1. The lowest BCUT2D eigenvalue weighted by molar-refractivity contribution is 0.0727. The van der Waals surface area contributed by atoms with E-state index in [0.29, 0.717) is 18.7 Å². The van der Waals surface area contributed by atoms with Crippen LogP contribution in [-0.2, 0) is 11.8 Å². The summed E-state index contributed by atoms with van der Waals surface area (Å²) in [7, 11) is 0. The van der Waals surface area contributed by atoms with Gasteiger partial charge in [0.15, 0.2) is 11.5 Å². The molecule has 0 radical (unpaired) electrons. The highest BCUT2D eigenvalue weighted by Crippen LogP contribution is 2.34. The summed E-state index contributed by atoms with van der Waals surface area (Å²) in [6.07, 6.45) is 0.428. The minimum absolute atomic E-state index is 0.147. The Hall–Kier alpha value is -2.82. The van der Waals surface area contributed by atoms with Crippen LogP contribution in [0.1, 0.15) is 63.0 Å². The summed E-state index contributed by atoms with van der Waals surface area (Å²) in [4.78, 5) is 26.6. The maximum atomic E-state index is 12.7. The zero-order chi connectivity index (χ0) is 21.6. The second kappa shape index (κ2) is 9.59. The molecule has 0 saturated carbocycles. The number of aryl methyl sites for hydroxylation is 1. The summed E-state index contributed by atoms with van der Waals surface area (Å²) in [5, 5.41) is 0. The first-order valence-electron chi connectivity index (χ1n) is 10.1. The predicted molar refractivity (Wildman–Crippen MR) is 115 cm³/mol. The molecule has 5 nitrogen and oxygen atoms in total. The van der Waals surface area contributed by atoms with Crippen LogP contribution in [0.2, 0.25) is 0 Å². The topological polar surface area (TPSA) is 55.8 Å². The number of nitrogens with zero attached hydrogens (tertiary/aromatic N) is 1. The van der Waals surface area contributed by atoms with Gasteiger partial charge < -0.3 is 14.4 Å². The smallest absolute Gasteiger partial charge is 0.415 e. The van der Waals surface area contributed by atoms with Crippen molar-refractivity contribution >= 4 is 12.1 Å². The van der Waals surface area contributed by atoms with Crippen molar-refractivity contribution in [3.8, 4) is 11.5 Å². The third-order valence-electron chi connectivity index (χ3n) is 4.83. The Balaban J connectivity index is 2.34. The van der Waals surface area contributed by atoms with Gasteiger partial charge in [0.25, 0.3) is 0 Å². The predicted octanol–water partition coefficient (Wildman–Crippen LogP) is 5.61. The standard InChI is InChI=1S/C24H31NO4/c1-7-17-10-12-18(13-11-17)22(26)28-21-16-19(24(4,5)6)14-15-20(21)29-23(27)25(8-2)9-3/h10-16H,7-9H2,1-6H3.